The van der Waals surface area contributed by atoms with Crippen LogP contribution in [0.5, 0.6) is 0 Å². The van der Waals surface area contributed by atoms with Gasteiger partial charge in [0.15, 0.2) is 0 Å². The molecule has 2 aromatic carbocycles. The second kappa shape index (κ2) is 5.64. The van der Waals surface area contributed by atoms with Gasteiger partial charge in [-0.2, -0.15) is 22.7 Å². The van der Waals surface area contributed by atoms with Crippen molar-refractivity contribution in [2.24, 2.45) is 0 Å². The number of carboxylic acid groups (broad SMARTS) is 1. The average Bonchev–Trinajstić information content (AvgIpc) is 3.16. The Balaban J connectivity index is 1.68. The topological polar surface area (TPSA) is 55.1 Å². The lowest BCUT2D eigenvalue weighted by molar-refractivity contribution is -0.319. The molecule has 0 aliphatic heterocycles. The first kappa shape index (κ1) is 20.0. The van der Waals surface area contributed by atoms with Gasteiger partial charge in [0, 0.05) is 28.5 Å². The molecule has 1 N–H and O–H groups in total. The van der Waals surface area contributed by atoms with Crippen LogP contribution in [0, 0.1) is 13.8 Å². The fourth-order valence-corrected chi connectivity index (χ4v) is 4.89. The molecule has 1 aromatic heterocycles. The zero-order valence-corrected chi connectivity index (χ0v) is 16.7. The fraction of sp³-hybridized carbons (Fsp3) is 0.238. The van der Waals surface area contributed by atoms with E-state index in [9.17, 15) is 31.9 Å². The fourth-order valence-electron chi connectivity index (χ4n) is 4.70. The molecule has 1 heterocycles. The number of aromatic carboxylic acids is 1. The predicted octanol–water partition coefficient (Wildman–Crippen LogP) is 5.88. The van der Waals surface area contributed by atoms with Crippen LogP contribution in [0.15, 0.2) is 30.5 Å². The maximum absolute atomic E-state index is 14.5. The van der Waals surface area contributed by atoms with Crippen molar-refractivity contribution in [2.45, 2.75) is 31.4 Å². The van der Waals surface area contributed by atoms with Crippen LogP contribution in [0.4, 0.5) is 22.0 Å². The van der Waals surface area contributed by atoms with Crippen molar-refractivity contribution in [1.29, 1.82) is 0 Å². The highest BCUT2D eigenvalue weighted by Crippen LogP contribution is 2.78. The van der Waals surface area contributed by atoms with Gasteiger partial charge in [0.25, 0.3) is 5.67 Å². The lowest BCUT2D eigenvalue weighted by Gasteiger charge is -2.58. The van der Waals surface area contributed by atoms with Crippen molar-refractivity contribution in [3.8, 4) is 16.9 Å². The molecule has 2 aliphatic rings. The van der Waals surface area contributed by atoms with Gasteiger partial charge in [-0.25, -0.2) is 13.9 Å². The number of carboxylic acids is 1. The average molecular weight is 455 g/mol. The van der Waals surface area contributed by atoms with Gasteiger partial charge in [0.2, 0.25) is 0 Å². The molecule has 0 saturated carbocycles. The largest absolute Gasteiger partial charge is 0.478 e. The third-order valence-corrected chi connectivity index (χ3v) is 6.46. The molecular weight excluding hydrogens is 443 g/mol. The van der Waals surface area contributed by atoms with Crippen molar-refractivity contribution >= 4 is 17.6 Å². The Labute approximate surface area is 176 Å². The minimum Gasteiger partial charge on any atom is -0.478 e. The van der Waals surface area contributed by atoms with E-state index in [2.05, 4.69) is 5.10 Å². The summed E-state index contributed by atoms with van der Waals surface area (Å²) >= 11 is 5.86. The molecule has 2 aliphatic carbocycles. The van der Waals surface area contributed by atoms with Crippen LogP contribution in [-0.4, -0.2) is 20.9 Å². The van der Waals surface area contributed by atoms with E-state index in [4.69, 9.17) is 11.6 Å². The van der Waals surface area contributed by atoms with Gasteiger partial charge in [-0.15, -0.1) is 0 Å². The predicted molar refractivity (Wildman–Crippen MR) is 101 cm³/mol. The van der Waals surface area contributed by atoms with Gasteiger partial charge in [0.05, 0.1) is 22.0 Å². The van der Waals surface area contributed by atoms with Crippen molar-refractivity contribution in [1.82, 2.24) is 9.78 Å². The minimum absolute atomic E-state index is 0.0161. The van der Waals surface area contributed by atoms with Gasteiger partial charge in [0.1, 0.15) is 0 Å². The number of aromatic nitrogens is 2. The summed E-state index contributed by atoms with van der Waals surface area (Å²) in [4.78, 5) is 11.3. The van der Waals surface area contributed by atoms with E-state index < -0.39 is 40.2 Å². The summed E-state index contributed by atoms with van der Waals surface area (Å²) in [6.45, 7) is 2.65. The van der Waals surface area contributed by atoms with Crippen molar-refractivity contribution in [3.05, 3.63) is 68.9 Å². The van der Waals surface area contributed by atoms with Crippen LogP contribution in [0.25, 0.3) is 16.9 Å². The number of nitrogens with zero attached hydrogens (tertiary/aromatic N) is 2. The van der Waals surface area contributed by atoms with E-state index in [0.29, 0.717) is 5.69 Å². The summed E-state index contributed by atoms with van der Waals surface area (Å²) < 4.78 is 73.4. The summed E-state index contributed by atoms with van der Waals surface area (Å²) in [5.74, 6) is -9.86. The highest BCUT2D eigenvalue weighted by Gasteiger charge is 2.88. The van der Waals surface area contributed by atoms with Crippen LogP contribution in [-0.2, 0) is 17.5 Å². The van der Waals surface area contributed by atoms with E-state index in [1.54, 1.807) is 0 Å². The molecule has 4 nitrogen and oxygen atoms in total. The summed E-state index contributed by atoms with van der Waals surface area (Å²) in [5.41, 5.74) is -5.71. The minimum atomic E-state index is -4.31. The Morgan fingerprint density at radius 2 is 1.58 bits per heavy atom. The van der Waals surface area contributed by atoms with Crippen molar-refractivity contribution in [2.75, 3.05) is 0 Å². The van der Waals surface area contributed by atoms with Crippen molar-refractivity contribution < 1.29 is 31.9 Å². The van der Waals surface area contributed by atoms with E-state index in [1.807, 2.05) is 0 Å². The smallest absolute Gasteiger partial charge is 0.337 e. The second-order valence-corrected chi connectivity index (χ2v) is 8.08. The molecule has 31 heavy (non-hydrogen) atoms. The number of benzene rings is 2. The molecule has 0 fully saturated rings. The van der Waals surface area contributed by atoms with E-state index in [-0.39, 0.29) is 33.0 Å². The number of alkyl halides is 5. The van der Waals surface area contributed by atoms with Crippen LogP contribution in [0.1, 0.15) is 38.2 Å². The molecule has 0 bridgehead atoms. The van der Waals surface area contributed by atoms with Crippen LogP contribution in [0.2, 0.25) is 5.02 Å². The van der Waals surface area contributed by atoms with Gasteiger partial charge < -0.3 is 5.11 Å². The quantitative estimate of drug-likeness (QED) is 0.503. The van der Waals surface area contributed by atoms with Crippen LogP contribution < -0.4 is 0 Å². The van der Waals surface area contributed by atoms with Crippen LogP contribution in [0.3, 0.4) is 0 Å². The maximum Gasteiger partial charge on any atom is 0.337 e. The number of hydrogen-bond donors (Lipinski definition) is 1. The lowest BCUT2D eigenvalue weighted by Crippen LogP contribution is -2.68. The van der Waals surface area contributed by atoms with Gasteiger partial charge in [-0.3, -0.25) is 0 Å². The number of halogens is 6. The molecule has 160 valence electrons. The Hall–Kier alpha value is -2.94. The zero-order chi connectivity index (χ0) is 22.7. The number of carbonyl (C=O) groups is 1. The monoisotopic (exact) mass is 454 g/mol. The summed E-state index contributed by atoms with van der Waals surface area (Å²) in [7, 11) is 0. The van der Waals surface area contributed by atoms with Gasteiger partial charge in [-0.05, 0) is 49.2 Å². The SMILES string of the molecule is Cc1c(-c2ccn(-c3ccc(Cl)c(C(=O)O)c3)n2)c(C)c2c3c1C(F)(F)C3(F)C2(F)F. The molecule has 0 amide bonds. The first-order chi connectivity index (χ1) is 14.4. The molecule has 0 saturated heterocycles. The third kappa shape index (κ3) is 2.05. The number of hydrogen-bond acceptors (Lipinski definition) is 2. The molecule has 0 spiro atoms. The van der Waals surface area contributed by atoms with Gasteiger partial charge in [-0.1, -0.05) is 11.6 Å². The summed E-state index contributed by atoms with van der Waals surface area (Å²) in [6.07, 6.45) is 1.43. The molecule has 5 rings (SSSR count). The maximum atomic E-state index is 14.5. The summed E-state index contributed by atoms with van der Waals surface area (Å²) in [6, 6.07) is 5.56. The van der Waals surface area contributed by atoms with Crippen molar-refractivity contribution in [3.63, 3.8) is 0 Å². The molecule has 10 heteroatoms. The Bertz CT molecular complexity index is 1290. The Morgan fingerprint density at radius 3 is 2.13 bits per heavy atom. The second-order valence-electron chi connectivity index (χ2n) is 7.67. The van der Waals surface area contributed by atoms with E-state index >= 15 is 0 Å². The lowest BCUT2D eigenvalue weighted by atomic mass is 9.52. The Morgan fingerprint density at radius 1 is 1.00 bits per heavy atom. The van der Waals surface area contributed by atoms with E-state index in [0.717, 1.165) is 0 Å². The first-order valence-corrected chi connectivity index (χ1v) is 9.46. The highest BCUT2D eigenvalue weighted by molar-refractivity contribution is 6.33. The molecular formula is C21H12ClF5N2O2. The highest BCUT2D eigenvalue weighted by atomic mass is 35.5. The molecule has 0 atom stereocenters. The normalized spacial score (nSPS) is 18.7. The molecule has 3 aromatic rings. The third-order valence-electron chi connectivity index (χ3n) is 6.13. The van der Waals surface area contributed by atoms with E-state index in [1.165, 1.54) is 49.0 Å². The number of rotatable bonds is 3. The molecule has 0 radical (unpaired) electrons. The summed E-state index contributed by atoms with van der Waals surface area (Å²) in [5, 5.41) is 13.5. The molecule has 0 unspecified atom stereocenters. The standard InChI is InChI=1S/C21H12ClF5N2O2/c1-8-14(9(2)16-17-15(8)20(24,25)19(17,23)21(16,26)27)13-5-6-29(28-13)10-3-4-12(22)11(7-10)18(30)31/h3-7H,1-2H3,(H,30,31). The zero-order valence-electron chi connectivity index (χ0n) is 15.9. The Kier molecular flexibility index (Phi) is 3.64. The van der Waals surface area contributed by atoms with Crippen LogP contribution >= 0.6 is 11.6 Å². The van der Waals surface area contributed by atoms with Gasteiger partial charge >= 0.3 is 17.8 Å². The first-order valence-electron chi connectivity index (χ1n) is 9.08.